The molecule has 0 aliphatic carbocycles. The van der Waals surface area contributed by atoms with E-state index in [0.717, 1.165) is 36.5 Å². The molecule has 1 atom stereocenters. The van der Waals surface area contributed by atoms with Crippen molar-refractivity contribution in [3.05, 3.63) is 29.3 Å². The number of aryl methyl sites for hydroxylation is 1. The summed E-state index contributed by atoms with van der Waals surface area (Å²) in [5.41, 5.74) is 3.04. The minimum Gasteiger partial charge on any atom is -0.376 e. The van der Waals surface area contributed by atoms with Crippen LogP contribution < -0.4 is 0 Å². The number of nitrogens with one attached hydrogen (secondary N) is 1. The average Bonchev–Trinajstić information content (AvgIpc) is 2.98. The molecule has 2 aromatic rings. The third-order valence-corrected chi connectivity index (χ3v) is 3.75. The molecule has 3 heterocycles. The van der Waals surface area contributed by atoms with Crippen LogP contribution in [0.15, 0.2) is 12.3 Å². The van der Waals surface area contributed by atoms with Crippen molar-refractivity contribution in [1.29, 1.82) is 0 Å². The molecule has 0 unspecified atom stereocenters. The molecule has 3 rings (SSSR count). The van der Waals surface area contributed by atoms with Gasteiger partial charge in [-0.25, -0.2) is 4.68 Å². The van der Waals surface area contributed by atoms with Crippen molar-refractivity contribution in [2.24, 2.45) is 0 Å². The third-order valence-electron chi connectivity index (χ3n) is 3.75. The zero-order valence-corrected chi connectivity index (χ0v) is 12.3. The van der Waals surface area contributed by atoms with Gasteiger partial charge < -0.3 is 4.74 Å². The highest BCUT2D eigenvalue weighted by Crippen LogP contribution is 2.34. The van der Waals surface area contributed by atoms with Gasteiger partial charge in [-0.2, -0.15) is 5.10 Å². The smallest absolute Gasteiger partial charge is 0.0867 e. The van der Waals surface area contributed by atoms with Crippen LogP contribution in [-0.4, -0.2) is 37.4 Å². The number of ether oxygens (including phenoxy) is 1. The van der Waals surface area contributed by atoms with Gasteiger partial charge in [0.1, 0.15) is 0 Å². The molecule has 1 aliphatic rings. The molecule has 0 amide bonds. The van der Waals surface area contributed by atoms with Crippen LogP contribution in [0.5, 0.6) is 0 Å². The fraction of sp³-hybridized carbons (Fsp3) is 0.643. The summed E-state index contributed by atoms with van der Waals surface area (Å²) in [6.07, 6.45) is 4.05. The number of rotatable bonds is 3. The lowest BCUT2D eigenvalue weighted by Gasteiger charge is -2.34. The van der Waals surface area contributed by atoms with Crippen LogP contribution in [0.1, 0.15) is 49.7 Å². The molecular formula is C14H21N5O. The Kier molecular flexibility index (Phi) is 3.33. The highest BCUT2D eigenvalue weighted by Gasteiger charge is 2.31. The highest BCUT2D eigenvalue weighted by molar-refractivity contribution is 5.09. The van der Waals surface area contributed by atoms with E-state index in [1.807, 2.05) is 23.9 Å². The Balaban J connectivity index is 1.70. The van der Waals surface area contributed by atoms with Crippen molar-refractivity contribution in [3.8, 4) is 0 Å². The Morgan fingerprint density at radius 1 is 1.50 bits per heavy atom. The van der Waals surface area contributed by atoms with E-state index in [1.165, 1.54) is 0 Å². The molecule has 0 spiro atoms. The van der Waals surface area contributed by atoms with E-state index in [-0.39, 0.29) is 5.60 Å². The highest BCUT2D eigenvalue weighted by atomic mass is 16.5. The Morgan fingerprint density at radius 2 is 2.35 bits per heavy atom. The maximum absolute atomic E-state index is 5.75. The normalized spacial score (nSPS) is 22.1. The number of hydrogen-bond acceptors (Lipinski definition) is 4. The van der Waals surface area contributed by atoms with Crippen LogP contribution >= 0.6 is 0 Å². The van der Waals surface area contributed by atoms with Crippen LogP contribution in [0, 0.1) is 6.92 Å². The second-order valence-corrected chi connectivity index (χ2v) is 6.18. The number of aromatic nitrogens is 5. The van der Waals surface area contributed by atoms with Crippen LogP contribution in [0.2, 0.25) is 0 Å². The van der Waals surface area contributed by atoms with Crippen LogP contribution in [0.3, 0.4) is 0 Å². The van der Waals surface area contributed by atoms with Gasteiger partial charge in [0.05, 0.1) is 23.5 Å². The lowest BCUT2D eigenvalue weighted by atomic mass is 9.86. The summed E-state index contributed by atoms with van der Waals surface area (Å²) in [6.45, 7) is 7.71. The first-order valence-corrected chi connectivity index (χ1v) is 7.07. The lowest BCUT2D eigenvalue weighted by Crippen LogP contribution is -2.33. The molecule has 0 saturated carbocycles. The summed E-state index contributed by atoms with van der Waals surface area (Å²) in [4.78, 5) is 0. The molecule has 1 aliphatic heterocycles. The van der Waals surface area contributed by atoms with Gasteiger partial charge in [-0.1, -0.05) is 5.21 Å². The van der Waals surface area contributed by atoms with Crippen molar-refractivity contribution in [1.82, 2.24) is 25.2 Å². The molecule has 1 N–H and O–H groups in total. The number of nitrogens with zero attached hydrogens (tertiary/aromatic N) is 4. The molecule has 6 heteroatoms. The summed E-state index contributed by atoms with van der Waals surface area (Å²) in [5, 5.41) is 15.7. The van der Waals surface area contributed by atoms with Gasteiger partial charge in [-0.3, -0.25) is 5.10 Å². The lowest BCUT2D eigenvalue weighted by molar-refractivity contribution is -0.0597. The van der Waals surface area contributed by atoms with Gasteiger partial charge in [0.15, 0.2) is 0 Å². The van der Waals surface area contributed by atoms with Gasteiger partial charge in [0.2, 0.25) is 0 Å². The Bertz CT molecular complexity index is 586. The van der Waals surface area contributed by atoms with E-state index < -0.39 is 0 Å². The standard InChI is InChI=1S/C14H21N5O/c1-10-6-12(16-15-10)8-19-9-13(17-18-19)11-4-5-20-14(2,3)7-11/h6,9,11H,4-5,7-8H2,1-3H3,(H,15,16)/t11-/m1/s1. The van der Waals surface area contributed by atoms with E-state index >= 15 is 0 Å². The molecule has 0 aromatic carbocycles. The van der Waals surface area contributed by atoms with Gasteiger partial charge in [0, 0.05) is 24.4 Å². The second kappa shape index (κ2) is 5.01. The molecule has 1 fully saturated rings. The zero-order valence-electron chi connectivity index (χ0n) is 12.3. The molecule has 0 radical (unpaired) electrons. The second-order valence-electron chi connectivity index (χ2n) is 6.18. The van der Waals surface area contributed by atoms with E-state index in [0.29, 0.717) is 12.5 Å². The summed E-state index contributed by atoms with van der Waals surface area (Å²) < 4.78 is 7.61. The van der Waals surface area contributed by atoms with E-state index in [1.54, 1.807) is 0 Å². The van der Waals surface area contributed by atoms with Gasteiger partial charge >= 0.3 is 0 Å². The maximum Gasteiger partial charge on any atom is 0.0867 e. The predicted octanol–water partition coefficient (Wildman–Crippen LogP) is 2.03. The molecular weight excluding hydrogens is 254 g/mol. The summed E-state index contributed by atoms with van der Waals surface area (Å²) in [6, 6.07) is 2.03. The van der Waals surface area contributed by atoms with Gasteiger partial charge in [0.25, 0.3) is 0 Å². The van der Waals surface area contributed by atoms with Gasteiger partial charge in [-0.05, 0) is 39.7 Å². The molecule has 0 bridgehead atoms. The maximum atomic E-state index is 5.75. The van der Waals surface area contributed by atoms with Crippen molar-refractivity contribution in [2.45, 2.75) is 51.7 Å². The van der Waals surface area contributed by atoms with Crippen molar-refractivity contribution >= 4 is 0 Å². The Hall–Kier alpha value is -1.69. The largest absolute Gasteiger partial charge is 0.376 e. The Labute approximate surface area is 118 Å². The fourth-order valence-corrected chi connectivity index (χ4v) is 2.78. The number of hydrogen-bond donors (Lipinski definition) is 1. The average molecular weight is 275 g/mol. The third kappa shape index (κ3) is 2.90. The molecule has 108 valence electrons. The minimum atomic E-state index is -0.0635. The topological polar surface area (TPSA) is 68.6 Å². The van der Waals surface area contributed by atoms with E-state index in [9.17, 15) is 0 Å². The number of aromatic amines is 1. The number of H-pyrrole nitrogens is 1. The summed E-state index contributed by atoms with van der Waals surface area (Å²) in [5.74, 6) is 0.438. The fourth-order valence-electron chi connectivity index (χ4n) is 2.78. The van der Waals surface area contributed by atoms with Gasteiger partial charge in [-0.15, -0.1) is 5.10 Å². The molecule has 1 saturated heterocycles. The molecule has 20 heavy (non-hydrogen) atoms. The molecule has 2 aromatic heterocycles. The van der Waals surface area contributed by atoms with Crippen LogP contribution in [0.4, 0.5) is 0 Å². The summed E-state index contributed by atoms with van der Waals surface area (Å²) in [7, 11) is 0. The molecule has 6 nitrogen and oxygen atoms in total. The first-order chi connectivity index (χ1) is 9.52. The van der Waals surface area contributed by atoms with E-state index in [2.05, 4.69) is 34.4 Å². The quantitative estimate of drug-likeness (QED) is 0.930. The minimum absolute atomic E-state index is 0.0635. The predicted molar refractivity (Wildman–Crippen MR) is 74.5 cm³/mol. The first-order valence-electron chi connectivity index (χ1n) is 7.07. The van der Waals surface area contributed by atoms with Crippen molar-refractivity contribution < 1.29 is 4.74 Å². The Morgan fingerprint density at radius 3 is 3.05 bits per heavy atom. The first kappa shape index (κ1) is 13.3. The van der Waals surface area contributed by atoms with Crippen molar-refractivity contribution in [3.63, 3.8) is 0 Å². The van der Waals surface area contributed by atoms with Crippen molar-refractivity contribution in [2.75, 3.05) is 6.61 Å². The van der Waals surface area contributed by atoms with Crippen LogP contribution in [0.25, 0.3) is 0 Å². The summed E-state index contributed by atoms with van der Waals surface area (Å²) >= 11 is 0. The zero-order chi connectivity index (χ0) is 14.2. The SMILES string of the molecule is Cc1cc(Cn2cc([C@@H]3CCOC(C)(C)C3)nn2)n[nH]1. The monoisotopic (exact) mass is 275 g/mol. The van der Waals surface area contributed by atoms with E-state index in [4.69, 9.17) is 4.74 Å². The van der Waals surface area contributed by atoms with Crippen LogP contribution in [-0.2, 0) is 11.3 Å².